The molecule has 1 aliphatic rings. The minimum atomic E-state index is -3.50. The van der Waals surface area contributed by atoms with Crippen LogP contribution in [0.3, 0.4) is 0 Å². The van der Waals surface area contributed by atoms with Crippen LogP contribution in [0.25, 0.3) is 0 Å². The van der Waals surface area contributed by atoms with Crippen LogP contribution in [0.1, 0.15) is 27.8 Å². The molecule has 1 saturated heterocycles. The van der Waals surface area contributed by atoms with E-state index in [1.807, 2.05) is 39.8 Å². The fourth-order valence-corrected chi connectivity index (χ4v) is 5.71. The maximum Gasteiger partial charge on any atom is 0.243 e. The van der Waals surface area contributed by atoms with Gasteiger partial charge in [-0.25, -0.2) is 8.42 Å². The Kier molecular flexibility index (Phi) is 5.08. The number of aromatic nitrogens is 1. The number of hydrogen-bond acceptors (Lipinski definition) is 4. The first kappa shape index (κ1) is 18.9. The summed E-state index contributed by atoms with van der Waals surface area (Å²) in [6.45, 7) is 12.3. The van der Waals surface area contributed by atoms with Gasteiger partial charge in [0.05, 0.1) is 4.90 Å². The maximum atomic E-state index is 13.4. The molecule has 26 heavy (non-hydrogen) atoms. The van der Waals surface area contributed by atoms with Crippen LogP contribution in [-0.2, 0) is 10.0 Å². The third-order valence-electron chi connectivity index (χ3n) is 5.80. The van der Waals surface area contributed by atoms with E-state index in [0.29, 0.717) is 31.1 Å². The summed E-state index contributed by atoms with van der Waals surface area (Å²) < 4.78 is 28.4. The Labute approximate surface area is 156 Å². The van der Waals surface area contributed by atoms with Gasteiger partial charge in [0.25, 0.3) is 0 Å². The van der Waals surface area contributed by atoms with Crippen LogP contribution < -0.4 is 4.90 Å². The van der Waals surface area contributed by atoms with Gasteiger partial charge in [0.1, 0.15) is 0 Å². The predicted molar refractivity (Wildman–Crippen MR) is 105 cm³/mol. The SMILES string of the molecule is Cc1c(C)c(C)c(S(=O)(=O)N2CCN(c3ccncc3)CC2)c(C)c1C. The van der Waals surface area contributed by atoms with Gasteiger partial charge in [-0.05, 0) is 74.6 Å². The number of rotatable bonds is 3. The average molecular weight is 374 g/mol. The third kappa shape index (κ3) is 3.12. The number of hydrogen-bond donors (Lipinski definition) is 0. The van der Waals surface area contributed by atoms with Crippen molar-refractivity contribution in [2.45, 2.75) is 39.5 Å². The fourth-order valence-electron chi connectivity index (χ4n) is 3.72. The second kappa shape index (κ2) is 7.00. The standard InChI is InChI=1S/C20H27N3O2S/c1-14-15(2)17(4)20(18(5)16(14)3)26(24,25)23-12-10-22(11-13-23)19-6-8-21-9-7-19/h6-9H,10-13H2,1-5H3. The second-order valence-electron chi connectivity index (χ2n) is 7.05. The van der Waals surface area contributed by atoms with E-state index in [2.05, 4.69) is 16.8 Å². The molecule has 140 valence electrons. The summed E-state index contributed by atoms with van der Waals surface area (Å²) in [6, 6.07) is 3.93. The normalized spacial score (nSPS) is 16.1. The lowest BCUT2D eigenvalue weighted by atomic mass is 9.95. The Morgan fingerprint density at radius 1 is 0.769 bits per heavy atom. The number of piperazine rings is 1. The van der Waals surface area contributed by atoms with Gasteiger partial charge >= 0.3 is 0 Å². The third-order valence-corrected chi connectivity index (χ3v) is 7.97. The number of benzene rings is 1. The van der Waals surface area contributed by atoms with Gasteiger partial charge in [-0.3, -0.25) is 4.98 Å². The highest BCUT2D eigenvalue weighted by Crippen LogP contribution is 2.32. The first-order valence-corrected chi connectivity index (χ1v) is 10.4. The van der Waals surface area contributed by atoms with Crippen molar-refractivity contribution in [2.24, 2.45) is 0 Å². The van der Waals surface area contributed by atoms with Crippen molar-refractivity contribution in [1.29, 1.82) is 0 Å². The second-order valence-corrected chi connectivity index (χ2v) is 8.93. The van der Waals surface area contributed by atoms with E-state index in [9.17, 15) is 8.42 Å². The van der Waals surface area contributed by atoms with Gasteiger partial charge < -0.3 is 4.90 Å². The lowest BCUT2D eigenvalue weighted by Crippen LogP contribution is -2.49. The molecule has 6 heteroatoms. The van der Waals surface area contributed by atoms with E-state index in [4.69, 9.17) is 0 Å². The zero-order valence-electron chi connectivity index (χ0n) is 16.2. The summed E-state index contributed by atoms with van der Waals surface area (Å²) in [5.74, 6) is 0. The van der Waals surface area contributed by atoms with E-state index in [1.54, 1.807) is 16.7 Å². The molecule has 0 aliphatic carbocycles. The molecular formula is C20H27N3O2S. The zero-order valence-corrected chi connectivity index (χ0v) is 17.0. The van der Waals surface area contributed by atoms with E-state index in [1.165, 1.54) is 5.56 Å². The Hall–Kier alpha value is -1.92. The Balaban J connectivity index is 1.89. The number of sulfonamides is 1. The summed E-state index contributed by atoms with van der Waals surface area (Å²) >= 11 is 0. The summed E-state index contributed by atoms with van der Waals surface area (Å²) in [7, 11) is -3.50. The maximum absolute atomic E-state index is 13.4. The van der Waals surface area contributed by atoms with Crippen LogP contribution in [-0.4, -0.2) is 43.9 Å². The fraction of sp³-hybridized carbons (Fsp3) is 0.450. The summed E-state index contributed by atoms with van der Waals surface area (Å²) in [4.78, 5) is 6.75. The van der Waals surface area contributed by atoms with Crippen LogP contribution in [0.4, 0.5) is 5.69 Å². The molecule has 2 aromatic rings. The van der Waals surface area contributed by atoms with E-state index < -0.39 is 10.0 Å². The predicted octanol–water partition coefficient (Wildman–Crippen LogP) is 3.13. The lowest BCUT2D eigenvalue weighted by molar-refractivity contribution is 0.384. The van der Waals surface area contributed by atoms with Gasteiger partial charge in [0.2, 0.25) is 10.0 Å². The van der Waals surface area contributed by atoms with Crippen molar-refractivity contribution >= 4 is 15.7 Å². The van der Waals surface area contributed by atoms with Gasteiger partial charge in [0, 0.05) is 44.3 Å². The highest BCUT2D eigenvalue weighted by molar-refractivity contribution is 7.89. The molecule has 0 amide bonds. The van der Waals surface area contributed by atoms with Gasteiger partial charge in [-0.2, -0.15) is 4.31 Å². The molecule has 0 radical (unpaired) electrons. The van der Waals surface area contributed by atoms with Gasteiger partial charge in [-0.15, -0.1) is 0 Å². The van der Waals surface area contributed by atoms with E-state index in [-0.39, 0.29) is 0 Å². The molecule has 1 aliphatic heterocycles. The molecule has 0 bridgehead atoms. The molecule has 0 spiro atoms. The van der Waals surface area contributed by atoms with Crippen molar-refractivity contribution in [3.63, 3.8) is 0 Å². The monoisotopic (exact) mass is 373 g/mol. The first-order chi connectivity index (χ1) is 12.2. The molecule has 1 fully saturated rings. The molecule has 0 atom stereocenters. The van der Waals surface area contributed by atoms with Gasteiger partial charge in [-0.1, -0.05) is 0 Å². The number of pyridine rings is 1. The molecule has 2 heterocycles. The molecule has 3 rings (SSSR count). The zero-order chi connectivity index (χ0) is 19.1. The highest BCUT2D eigenvalue weighted by atomic mass is 32.2. The van der Waals surface area contributed by atoms with Crippen LogP contribution in [0.15, 0.2) is 29.4 Å². The van der Waals surface area contributed by atoms with Crippen molar-refractivity contribution in [1.82, 2.24) is 9.29 Å². The average Bonchev–Trinajstić information content (AvgIpc) is 2.65. The van der Waals surface area contributed by atoms with E-state index >= 15 is 0 Å². The Morgan fingerprint density at radius 2 is 1.23 bits per heavy atom. The number of nitrogens with zero attached hydrogens (tertiary/aromatic N) is 3. The molecule has 0 unspecified atom stereocenters. The summed E-state index contributed by atoms with van der Waals surface area (Å²) in [5, 5.41) is 0. The highest BCUT2D eigenvalue weighted by Gasteiger charge is 2.32. The Morgan fingerprint density at radius 3 is 1.73 bits per heavy atom. The minimum Gasteiger partial charge on any atom is -0.369 e. The van der Waals surface area contributed by atoms with E-state index in [0.717, 1.165) is 27.9 Å². The van der Waals surface area contributed by atoms with Crippen molar-refractivity contribution in [2.75, 3.05) is 31.1 Å². The largest absolute Gasteiger partial charge is 0.369 e. The smallest absolute Gasteiger partial charge is 0.243 e. The first-order valence-electron chi connectivity index (χ1n) is 8.97. The van der Waals surface area contributed by atoms with Crippen LogP contribution in [0.5, 0.6) is 0 Å². The van der Waals surface area contributed by atoms with Gasteiger partial charge in [0.15, 0.2) is 0 Å². The van der Waals surface area contributed by atoms with Crippen LogP contribution >= 0.6 is 0 Å². The summed E-state index contributed by atoms with van der Waals surface area (Å²) in [5.41, 5.74) is 6.17. The molecule has 1 aromatic carbocycles. The lowest BCUT2D eigenvalue weighted by Gasteiger charge is -2.36. The summed E-state index contributed by atoms with van der Waals surface area (Å²) in [6.07, 6.45) is 3.53. The molecule has 5 nitrogen and oxygen atoms in total. The van der Waals surface area contributed by atoms with Crippen LogP contribution in [0, 0.1) is 34.6 Å². The van der Waals surface area contributed by atoms with Crippen LogP contribution in [0.2, 0.25) is 0 Å². The molecule has 0 saturated carbocycles. The number of anilines is 1. The Bertz CT molecular complexity index is 887. The minimum absolute atomic E-state index is 0.496. The topological polar surface area (TPSA) is 53.5 Å². The molecule has 0 N–H and O–H groups in total. The van der Waals surface area contributed by atoms with Crippen molar-refractivity contribution < 1.29 is 8.42 Å². The van der Waals surface area contributed by atoms with Crippen molar-refractivity contribution in [3.8, 4) is 0 Å². The molecular weight excluding hydrogens is 346 g/mol. The molecule has 1 aromatic heterocycles. The van der Waals surface area contributed by atoms with Crippen molar-refractivity contribution in [3.05, 3.63) is 52.3 Å². The quantitative estimate of drug-likeness (QED) is 0.829.